The number of hydrogen-bond acceptors (Lipinski definition) is 6. The SMILES string of the molecule is C=CC(=O)N1CCN2c3c(cnc4c(=O)n(-c5c(N)c(Cl)cc(Cl)c5F)c(C(F)(F)F)cc34)OCC[C@H]2C1. The number of nitrogens with zero attached hydrogens (tertiary/aromatic N) is 4. The summed E-state index contributed by atoms with van der Waals surface area (Å²) in [6.45, 7) is 4.53. The molecule has 0 unspecified atom stereocenters. The van der Waals surface area contributed by atoms with Crippen molar-refractivity contribution < 1.29 is 27.1 Å². The average molecular weight is 572 g/mol. The van der Waals surface area contributed by atoms with Crippen LogP contribution in [0.3, 0.4) is 0 Å². The molecule has 0 bridgehead atoms. The molecule has 200 valence electrons. The van der Waals surface area contributed by atoms with Gasteiger partial charge in [0.1, 0.15) is 16.9 Å². The zero-order valence-corrected chi connectivity index (χ0v) is 21.0. The number of carbonyl (C=O) groups is 1. The molecule has 0 saturated carbocycles. The van der Waals surface area contributed by atoms with Gasteiger partial charge in [0.25, 0.3) is 5.56 Å². The first-order valence-electron chi connectivity index (χ1n) is 11.3. The Labute approximate surface area is 222 Å². The minimum Gasteiger partial charge on any atom is -0.490 e. The van der Waals surface area contributed by atoms with Crippen molar-refractivity contribution in [3.8, 4) is 11.4 Å². The highest BCUT2D eigenvalue weighted by Crippen LogP contribution is 2.43. The number of benzene rings is 1. The van der Waals surface area contributed by atoms with Gasteiger partial charge in [-0.3, -0.25) is 14.2 Å². The monoisotopic (exact) mass is 571 g/mol. The van der Waals surface area contributed by atoms with Crippen LogP contribution in [0.2, 0.25) is 10.0 Å². The van der Waals surface area contributed by atoms with Crippen LogP contribution in [-0.4, -0.2) is 52.6 Å². The number of aromatic nitrogens is 2. The van der Waals surface area contributed by atoms with Crippen molar-refractivity contribution in [2.24, 2.45) is 0 Å². The third kappa shape index (κ3) is 4.11. The quantitative estimate of drug-likeness (QED) is 0.212. The van der Waals surface area contributed by atoms with Crippen LogP contribution in [0.5, 0.6) is 5.75 Å². The van der Waals surface area contributed by atoms with E-state index in [2.05, 4.69) is 11.6 Å². The molecule has 5 rings (SSSR count). The topological polar surface area (TPSA) is 93.7 Å². The molecule has 2 aliphatic heterocycles. The van der Waals surface area contributed by atoms with E-state index in [4.69, 9.17) is 33.7 Å². The van der Waals surface area contributed by atoms with Gasteiger partial charge in [-0.15, -0.1) is 0 Å². The number of alkyl halides is 3. The highest BCUT2D eigenvalue weighted by molar-refractivity contribution is 6.37. The van der Waals surface area contributed by atoms with E-state index in [0.717, 1.165) is 6.07 Å². The van der Waals surface area contributed by atoms with Crippen molar-refractivity contribution in [2.45, 2.75) is 18.6 Å². The first kappa shape index (κ1) is 26.1. The third-order valence-electron chi connectivity index (χ3n) is 6.64. The van der Waals surface area contributed by atoms with Crippen LogP contribution < -0.4 is 20.9 Å². The Kier molecular flexibility index (Phi) is 6.42. The van der Waals surface area contributed by atoms with Crippen LogP contribution >= 0.6 is 23.2 Å². The number of fused-ring (bicyclic) bond motifs is 5. The number of nitrogens with two attached hydrogens (primary N) is 1. The van der Waals surface area contributed by atoms with E-state index in [-0.39, 0.29) is 70.1 Å². The number of anilines is 2. The minimum absolute atomic E-state index is 0.0971. The molecule has 1 aromatic carbocycles. The van der Waals surface area contributed by atoms with E-state index in [9.17, 15) is 22.8 Å². The molecule has 1 fully saturated rings. The standard InChI is InChI=1S/C24H19Cl2F4N5O3/c1-2-17(36)33-4-5-34-11(10-33)3-6-38-15-9-32-20-12(21(15)34)7-16(24(28,29)30)35(23(20)37)22-18(27)13(25)8-14(26)19(22)31/h2,7-9,11H,1,3-6,10,31H2/t11-/m0/s1. The van der Waals surface area contributed by atoms with Gasteiger partial charge >= 0.3 is 6.18 Å². The summed E-state index contributed by atoms with van der Waals surface area (Å²) in [5.74, 6) is -1.43. The molecule has 0 radical (unpaired) electrons. The molecule has 0 aliphatic carbocycles. The van der Waals surface area contributed by atoms with Crippen molar-refractivity contribution in [3.63, 3.8) is 0 Å². The molecule has 1 saturated heterocycles. The van der Waals surface area contributed by atoms with Gasteiger partial charge < -0.3 is 20.3 Å². The molecule has 2 N–H and O–H groups in total. The fourth-order valence-corrected chi connectivity index (χ4v) is 5.35. The van der Waals surface area contributed by atoms with Crippen molar-refractivity contribution in [2.75, 3.05) is 36.9 Å². The molecule has 1 atom stereocenters. The van der Waals surface area contributed by atoms with Crippen LogP contribution in [0.25, 0.3) is 16.6 Å². The molecule has 38 heavy (non-hydrogen) atoms. The van der Waals surface area contributed by atoms with Gasteiger partial charge in [-0.1, -0.05) is 29.8 Å². The molecule has 0 spiro atoms. The van der Waals surface area contributed by atoms with Crippen LogP contribution in [0.4, 0.5) is 28.9 Å². The zero-order chi connectivity index (χ0) is 27.5. The third-order valence-corrected chi connectivity index (χ3v) is 7.23. The van der Waals surface area contributed by atoms with Gasteiger partial charge in [0, 0.05) is 31.4 Å². The van der Waals surface area contributed by atoms with Gasteiger partial charge in [-0.25, -0.2) is 9.37 Å². The Morgan fingerprint density at radius 2 is 1.95 bits per heavy atom. The van der Waals surface area contributed by atoms with Gasteiger partial charge in [0.15, 0.2) is 11.6 Å². The number of pyridine rings is 2. The minimum atomic E-state index is -5.12. The van der Waals surface area contributed by atoms with E-state index in [1.165, 1.54) is 12.3 Å². The van der Waals surface area contributed by atoms with Gasteiger partial charge in [-0.05, 0) is 18.2 Å². The van der Waals surface area contributed by atoms with E-state index in [1.807, 2.05) is 4.90 Å². The molecular weight excluding hydrogens is 553 g/mol. The van der Waals surface area contributed by atoms with E-state index in [0.29, 0.717) is 12.5 Å². The van der Waals surface area contributed by atoms with Crippen molar-refractivity contribution in [1.29, 1.82) is 0 Å². The maximum absolute atomic E-state index is 15.1. The maximum atomic E-state index is 15.1. The number of ether oxygens (including phenoxy) is 1. The van der Waals surface area contributed by atoms with Gasteiger partial charge in [0.05, 0.1) is 40.3 Å². The van der Waals surface area contributed by atoms with E-state index < -0.39 is 39.6 Å². The fourth-order valence-electron chi connectivity index (χ4n) is 4.90. The highest BCUT2D eigenvalue weighted by Gasteiger charge is 2.40. The number of piperazine rings is 1. The van der Waals surface area contributed by atoms with Gasteiger partial charge in [-0.2, -0.15) is 13.2 Å². The normalized spacial score (nSPS) is 17.5. The summed E-state index contributed by atoms with van der Waals surface area (Å²) in [7, 11) is 0. The fraction of sp³-hybridized carbons (Fsp3) is 0.292. The van der Waals surface area contributed by atoms with Crippen molar-refractivity contribution >= 4 is 51.4 Å². The number of halogens is 6. The molecule has 8 nitrogen and oxygen atoms in total. The molecule has 2 aromatic heterocycles. The van der Waals surface area contributed by atoms with Crippen LogP contribution in [-0.2, 0) is 11.0 Å². The van der Waals surface area contributed by atoms with Crippen LogP contribution in [0.1, 0.15) is 12.1 Å². The number of nitrogen functional groups attached to an aromatic ring is 1. The summed E-state index contributed by atoms with van der Waals surface area (Å²) in [6.07, 6.45) is -2.22. The molecule has 2 aliphatic rings. The van der Waals surface area contributed by atoms with Crippen LogP contribution in [0.15, 0.2) is 35.8 Å². The Hall–Kier alpha value is -3.51. The lowest BCUT2D eigenvalue weighted by Gasteiger charge is -2.41. The smallest absolute Gasteiger partial charge is 0.431 e. The largest absolute Gasteiger partial charge is 0.490 e. The van der Waals surface area contributed by atoms with E-state index >= 15 is 4.39 Å². The van der Waals surface area contributed by atoms with Crippen LogP contribution in [0, 0.1) is 5.82 Å². The molecule has 3 aromatic rings. The predicted octanol–water partition coefficient (Wildman–Crippen LogP) is 4.42. The Bertz CT molecular complexity index is 1530. The van der Waals surface area contributed by atoms with Crippen molar-refractivity contribution in [3.05, 3.63) is 62.9 Å². The molecule has 4 heterocycles. The summed E-state index contributed by atoms with van der Waals surface area (Å²) in [6, 6.07) is 1.34. The second-order valence-corrected chi connectivity index (χ2v) is 9.60. The summed E-state index contributed by atoms with van der Waals surface area (Å²) < 4.78 is 64.2. The lowest BCUT2D eigenvalue weighted by atomic mass is 10.1. The summed E-state index contributed by atoms with van der Waals surface area (Å²) in [5.41, 5.74) is 1.39. The molecule has 14 heteroatoms. The Balaban J connectivity index is 1.80. The number of carbonyl (C=O) groups excluding carboxylic acids is 1. The van der Waals surface area contributed by atoms with E-state index in [1.54, 1.807) is 4.90 Å². The second kappa shape index (κ2) is 9.35. The number of hydrogen-bond donors (Lipinski definition) is 1. The lowest BCUT2D eigenvalue weighted by molar-refractivity contribution is -0.142. The first-order valence-corrected chi connectivity index (χ1v) is 12.1. The number of rotatable bonds is 2. The maximum Gasteiger partial charge on any atom is 0.431 e. The summed E-state index contributed by atoms with van der Waals surface area (Å²) >= 11 is 11.8. The predicted molar refractivity (Wildman–Crippen MR) is 135 cm³/mol. The Morgan fingerprint density at radius 3 is 2.63 bits per heavy atom. The molecular formula is C24H19Cl2F4N5O3. The zero-order valence-electron chi connectivity index (χ0n) is 19.5. The summed E-state index contributed by atoms with van der Waals surface area (Å²) in [4.78, 5) is 33.3. The average Bonchev–Trinajstić information content (AvgIpc) is 3.06. The van der Waals surface area contributed by atoms with Gasteiger partial charge in [0.2, 0.25) is 5.91 Å². The lowest BCUT2D eigenvalue weighted by Crippen LogP contribution is -2.54. The second-order valence-electron chi connectivity index (χ2n) is 8.79. The van der Waals surface area contributed by atoms with Crippen molar-refractivity contribution in [1.82, 2.24) is 14.5 Å². The first-order chi connectivity index (χ1) is 17.9. The number of amides is 1. The molecule has 1 amide bonds. The highest BCUT2D eigenvalue weighted by atomic mass is 35.5. The summed E-state index contributed by atoms with van der Waals surface area (Å²) in [5, 5.41) is -1.08. The Morgan fingerprint density at radius 1 is 1.21 bits per heavy atom.